The van der Waals surface area contributed by atoms with E-state index in [0.29, 0.717) is 0 Å². The van der Waals surface area contributed by atoms with Crippen LogP contribution in [0.2, 0.25) is 0 Å². The Labute approximate surface area is 255 Å². The molecule has 9 amide bonds. The molecule has 6 fully saturated rings. The molecule has 6 aliphatic rings. The van der Waals surface area contributed by atoms with E-state index in [0.717, 1.165) is 38.5 Å². The van der Waals surface area contributed by atoms with Crippen molar-refractivity contribution in [2.45, 2.75) is 93.7 Å². The number of carboxylic acids is 3. The van der Waals surface area contributed by atoms with Gasteiger partial charge >= 0.3 is 36.0 Å². The van der Waals surface area contributed by atoms with Crippen molar-refractivity contribution in [3.8, 4) is 0 Å². The summed E-state index contributed by atoms with van der Waals surface area (Å²) in [6, 6.07) is -1.55. The lowest BCUT2D eigenvalue weighted by Crippen LogP contribution is -2.49. The fourth-order valence-corrected chi connectivity index (χ4v) is 6.16. The van der Waals surface area contributed by atoms with E-state index in [4.69, 9.17) is 15.3 Å². The quantitative estimate of drug-likeness (QED) is 0.123. The van der Waals surface area contributed by atoms with Crippen LogP contribution in [-0.4, -0.2) is 85.7 Å². The molecule has 3 aliphatic heterocycles. The van der Waals surface area contributed by atoms with Crippen molar-refractivity contribution in [1.29, 1.82) is 0 Å². The molecule has 3 saturated carbocycles. The predicted octanol–water partition coefficient (Wildman–Crippen LogP) is -0.482. The predicted molar refractivity (Wildman–Crippen MR) is 147 cm³/mol. The van der Waals surface area contributed by atoms with E-state index in [-0.39, 0.29) is 74.0 Å². The summed E-state index contributed by atoms with van der Waals surface area (Å²) in [5.41, 5.74) is -2.89. The van der Waals surface area contributed by atoms with Crippen molar-refractivity contribution in [2.24, 2.45) is 17.8 Å². The number of urea groups is 3. The minimum atomic E-state index is -0.963. The molecule has 1 unspecified atom stereocenters. The van der Waals surface area contributed by atoms with Gasteiger partial charge in [-0.1, -0.05) is 0 Å². The maximum Gasteiger partial charge on any atom is 0.322 e. The van der Waals surface area contributed by atoms with Crippen LogP contribution in [0.3, 0.4) is 0 Å². The smallest absolute Gasteiger partial charge is 0.322 e. The lowest BCUT2D eigenvalue weighted by molar-refractivity contribution is -0.139. The Hall–Kier alpha value is -4.77. The van der Waals surface area contributed by atoms with E-state index in [9.17, 15) is 43.2 Å². The van der Waals surface area contributed by atoms with Gasteiger partial charge in [-0.25, -0.2) is 14.4 Å². The molecule has 3 heterocycles. The average Bonchev–Trinajstić information content (AvgIpc) is 3.82. The molecule has 0 spiro atoms. The highest BCUT2D eigenvalue weighted by molar-refractivity contribution is 6.09. The van der Waals surface area contributed by atoms with Crippen molar-refractivity contribution >= 4 is 53.7 Å². The number of hydrogen-bond acceptors (Lipinski definition) is 9. The second-order valence-corrected chi connectivity index (χ2v) is 12.1. The number of aliphatic carboxylic acids is 3. The van der Waals surface area contributed by atoms with E-state index < -0.39 is 52.6 Å². The number of amides is 9. The van der Waals surface area contributed by atoms with Crippen LogP contribution in [0.15, 0.2) is 0 Å². The van der Waals surface area contributed by atoms with Crippen molar-refractivity contribution < 1.29 is 58.5 Å². The molecule has 3 saturated heterocycles. The van der Waals surface area contributed by atoms with Crippen molar-refractivity contribution in [1.82, 2.24) is 31.9 Å². The minimum Gasteiger partial charge on any atom is -0.481 e. The third-order valence-electron chi connectivity index (χ3n) is 8.93. The molecule has 18 heteroatoms. The van der Waals surface area contributed by atoms with Crippen LogP contribution in [0, 0.1) is 17.8 Å². The lowest BCUT2D eigenvalue weighted by atomic mass is 9.88. The van der Waals surface area contributed by atoms with Gasteiger partial charge in [0, 0.05) is 19.3 Å². The van der Waals surface area contributed by atoms with Gasteiger partial charge in [0.25, 0.3) is 17.7 Å². The zero-order chi connectivity index (χ0) is 33.2. The van der Waals surface area contributed by atoms with Crippen LogP contribution in [0.1, 0.15) is 77.0 Å². The third kappa shape index (κ3) is 7.49. The van der Waals surface area contributed by atoms with E-state index in [1.54, 1.807) is 0 Å². The molecule has 18 nitrogen and oxygen atoms in total. The van der Waals surface area contributed by atoms with Gasteiger partial charge in [0.15, 0.2) is 0 Å². The Kier molecular flexibility index (Phi) is 9.34. The molecule has 0 aromatic rings. The molecule has 45 heavy (non-hydrogen) atoms. The van der Waals surface area contributed by atoms with Gasteiger partial charge in [-0.2, -0.15) is 0 Å². The van der Waals surface area contributed by atoms with Crippen molar-refractivity contribution in [2.75, 3.05) is 0 Å². The molecular weight excluding hydrogens is 600 g/mol. The summed E-state index contributed by atoms with van der Waals surface area (Å²) < 4.78 is 0. The first-order valence-corrected chi connectivity index (χ1v) is 14.7. The molecule has 0 radical (unpaired) electrons. The normalized spacial score (nSPS) is 29.9. The molecule has 3 aliphatic carbocycles. The van der Waals surface area contributed by atoms with Crippen molar-refractivity contribution in [3.05, 3.63) is 0 Å². The number of imide groups is 3. The lowest BCUT2D eigenvalue weighted by Gasteiger charge is -2.24. The number of rotatable bonds is 12. The largest absolute Gasteiger partial charge is 0.481 e. The number of carbonyl (C=O) groups excluding carboxylic acids is 6. The first-order chi connectivity index (χ1) is 21.1. The van der Waals surface area contributed by atoms with Crippen LogP contribution in [0.5, 0.6) is 0 Å². The van der Waals surface area contributed by atoms with Crippen LogP contribution in [0.4, 0.5) is 14.4 Å². The first kappa shape index (κ1) is 33.1. The molecule has 6 rings (SSSR count). The highest BCUT2D eigenvalue weighted by Gasteiger charge is 2.57. The second-order valence-electron chi connectivity index (χ2n) is 12.1. The highest BCUT2D eigenvalue weighted by Crippen LogP contribution is 2.45. The number of nitrogens with one attached hydrogen (secondary N) is 6. The average molecular weight is 637 g/mol. The highest BCUT2D eigenvalue weighted by atomic mass is 16.4. The SMILES string of the molecule is O=C(O)CCC1(C2CC2)NC(=O)NC1=O.O=C(O)CC[C@@]1(C2CC2)NC(=O)NC1=O.O=C(O)CC[C@]1(C2CC2)NC(=O)NC1=O. The van der Waals surface area contributed by atoms with Gasteiger partial charge in [0.1, 0.15) is 16.6 Å². The summed E-state index contributed by atoms with van der Waals surface area (Å²) in [7, 11) is 0. The molecule has 9 N–H and O–H groups in total. The van der Waals surface area contributed by atoms with Crippen LogP contribution >= 0.6 is 0 Å². The molecule has 0 aromatic heterocycles. The summed E-state index contributed by atoms with van der Waals surface area (Å²) in [5.74, 6) is -3.70. The Morgan fingerprint density at radius 1 is 0.489 bits per heavy atom. The van der Waals surface area contributed by atoms with Gasteiger partial charge in [0.05, 0.1) is 0 Å². The second kappa shape index (κ2) is 12.7. The number of hydrogen-bond donors (Lipinski definition) is 9. The molecule has 0 bridgehead atoms. The molecule has 246 valence electrons. The summed E-state index contributed by atoms with van der Waals surface area (Å²) in [6.07, 6.45) is 5.40. The van der Waals surface area contributed by atoms with Crippen LogP contribution < -0.4 is 31.9 Å². The van der Waals surface area contributed by atoms with Crippen LogP contribution in [-0.2, 0) is 28.8 Å². The zero-order valence-corrected chi connectivity index (χ0v) is 24.2. The van der Waals surface area contributed by atoms with E-state index in [1.165, 1.54) is 0 Å². The van der Waals surface area contributed by atoms with Gasteiger partial charge in [-0.05, 0) is 75.5 Å². The van der Waals surface area contributed by atoms with Gasteiger partial charge in [-0.15, -0.1) is 0 Å². The standard InChI is InChI=1S/3C9H12N2O4/c3*12-6(13)3-4-9(5-1-2-5)7(14)10-8(15)11-9/h3*5H,1-4H2,(H,12,13)(H2,10,11,14,15)/t2*9-;/m10./s1. The first-order valence-electron chi connectivity index (χ1n) is 14.7. The molecule has 0 aromatic carbocycles. The molecule has 3 atom stereocenters. The fraction of sp³-hybridized carbons (Fsp3) is 0.667. The maximum atomic E-state index is 11.6. The third-order valence-corrected chi connectivity index (χ3v) is 8.93. The molecular formula is C27H36N6O12. The Morgan fingerprint density at radius 2 is 0.711 bits per heavy atom. The van der Waals surface area contributed by atoms with Crippen molar-refractivity contribution in [3.63, 3.8) is 0 Å². The fourth-order valence-electron chi connectivity index (χ4n) is 6.16. The van der Waals surface area contributed by atoms with E-state index in [1.807, 2.05) is 0 Å². The summed E-state index contributed by atoms with van der Waals surface area (Å²) >= 11 is 0. The zero-order valence-electron chi connectivity index (χ0n) is 24.2. The van der Waals surface area contributed by atoms with Gasteiger partial charge < -0.3 is 31.3 Å². The summed E-state index contributed by atoms with van der Waals surface area (Å²) in [4.78, 5) is 99.5. The Balaban J connectivity index is 0.000000154. The van der Waals surface area contributed by atoms with Crippen LogP contribution in [0.25, 0.3) is 0 Å². The van der Waals surface area contributed by atoms with Gasteiger partial charge in [0.2, 0.25) is 0 Å². The Bertz CT molecular complexity index is 1170. The Morgan fingerprint density at radius 3 is 0.844 bits per heavy atom. The maximum absolute atomic E-state index is 11.6. The topological polar surface area (TPSA) is 286 Å². The summed E-state index contributed by atoms with van der Waals surface area (Å²) in [6.45, 7) is 0. The van der Waals surface area contributed by atoms with E-state index >= 15 is 0 Å². The van der Waals surface area contributed by atoms with Gasteiger partial charge in [-0.3, -0.25) is 44.7 Å². The van der Waals surface area contributed by atoms with E-state index in [2.05, 4.69) is 31.9 Å². The monoisotopic (exact) mass is 636 g/mol. The number of carboxylic acid groups (broad SMARTS) is 3. The summed E-state index contributed by atoms with van der Waals surface area (Å²) in [5, 5.41) is 40.0. The number of carbonyl (C=O) groups is 9. The minimum absolute atomic E-state index is 0.100.